The Balaban J connectivity index is 2.23. The summed E-state index contributed by atoms with van der Waals surface area (Å²) in [5.41, 5.74) is 2.80. The van der Waals surface area contributed by atoms with Crippen molar-refractivity contribution in [2.45, 2.75) is 6.92 Å². The normalized spacial score (nSPS) is 11.0. The number of aryl methyl sites for hydroxylation is 1. The Morgan fingerprint density at radius 3 is 2.84 bits per heavy atom. The lowest BCUT2D eigenvalue weighted by atomic mass is 10.1. The molecule has 3 rings (SSSR count). The molecule has 3 aromatic rings. The quantitative estimate of drug-likeness (QED) is 0.656. The number of aromatic amines is 1. The first-order chi connectivity index (χ1) is 9.06. The molecule has 0 atom stereocenters. The molecule has 0 saturated carbocycles. The van der Waals surface area contributed by atoms with E-state index in [4.69, 9.17) is 9.63 Å². The first-order valence-electron chi connectivity index (χ1n) is 5.58. The van der Waals surface area contributed by atoms with Crippen LogP contribution in [-0.4, -0.2) is 26.3 Å². The Morgan fingerprint density at radius 2 is 2.16 bits per heavy atom. The monoisotopic (exact) mass is 258 g/mol. The number of benzene rings is 1. The molecule has 0 spiro atoms. The number of hydrogen-bond acceptors (Lipinski definition) is 4. The van der Waals surface area contributed by atoms with Gasteiger partial charge in [0.1, 0.15) is 11.4 Å². The lowest BCUT2D eigenvalue weighted by Crippen LogP contribution is -1.91. The van der Waals surface area contributed by atoms with Crippen LogP contribution >= 0.6 is 0 Å². The first-order valence-corrected chi connectivity index (χ1v) is 5.58. The van der Waals surface area contributed by atoms with Crippen LogP contribution in [0.1, 0.15) is 16.2 Å². The number of H-pyrrole nitrogens is 1. The third-order valence-electron chi connectivity index (χ3n) is 2.95. The van der Waals surface area contributed by atoms with E-state index >= 15 is 0 Å². The smallest absolute Gasteiger partial charge is 0.374 e. The van der Waals surface area contributed by atoms with Crippen LogP contribution in [0.4, 0.5) is 0 Å². The molecule has 0 amide bonds. The molecule has 6 nitrogen and oxygen atoms in total. The van der Waals surface area contributed by atoms with Gasteiger partial charge in [0.15, 0.2) is 0 Å². The topological polar surface area (TPSA) is 99.3 Å². The molecule has 1 aromatic carbocycles. The Bertz CT molecular complexity index is 785. The van der Waals surface area contributed by atoms with E-state index in [0.29, 0.717) is 5.69 Å². The molecule has 2 aromatic heterocycles. The number of carboxylic acid groups (broad SMARTS) is 1. The lowest BCUT2D eigenvalue weighted by molar-refractivity contribution is 0.0652. The second-order valence-corrected chi connectivity index (χ2v) is 4.24. The molecular weight excluding hydrogens is 248 g/mol. The number of aromatic hydroxyl groups is 1. The van der Waals surface area contributed by atoms with Gasteiger partial charge in [0, 0.05) is 34.3 Å². The Labute approximate surface area is 107 Å². The van der Waals surface area contributed by atoms with Crippen LogP contribution in [0.2, 0.25) is 0 Å². The van der Waals surface area contributed by atoms with E-state index in [0.717, 1.165) is 22.2 Å². The molecule has 6 heteroatoms. The minimum Gasteiger partial charge on any atom is -0.508 e. The van der Waals surface area contributed by atoms with E-state index in [1.165, 1.54) is 6.07 Å². The standard InChI is InChI=1S/C13H10N2O4/c1-6-12(10-5-11(13(17)18)19-15-10)8-3-2-7(16)4-9(8)14-6/h2-5,14,16H,1H3,(H,17,18). The number of phenolic OH excluding ortho intramolecular Hbond substituents is 1. The fourth-order valence-electron chi connectivity index (χ4n) is 2.14. The van der Waals surface area contributed by atoms with Crippen molar-refractivity contribution in [2.24, 2.45) is 0 Å². The average Bonchev–Trinajstić information content (AvgIpc) is 2.91. The van der Waals surface area contributed by atoms with Crippen LogP contribution in [0.3, 0.4) is 0 Å². The van der Waals surface area contributed by atoms with Crippen LogP contribution in [0.15, 0.2) is 28.8 Å². The minimum atomic E-state index is -1.16. The van der Waals surface area contributed by atoms with Gasteiger partial charge >= 0.3 is 5.97 Å². The van der Waals surface area contributed by atoms with Crippen molar-refractivity contribution in [3.63, 3.8) is 0 Å². The van der Waals surface area contributed by atoms with Crippen molar-refractivity contribution in [1.82, 2.24) is 10.1 Å². The van der Waals surface area contributed by atoms with Crippen LogP contribution in [0, 0.1) is 6.92 Å². The third kappa shape index (κ3) is 1.74. The number of nitrogens with zero attached hydrogens (tertiary/aromatic N) is 1. The highest BCUT2D eigenvalue weighted by atomic mass is 16.5. The number of carbonyl (C=O) groups is 1. The van der Waals surface area contributed by atoms with E-state index < -0.39 is 5.97 Å². The predicted molar refractivity (Wildman–Crippen MR) is 67.2 cm³/mol. The van der Waals surface area contributed by atoms with Gasteiger partial charge in [0.2, 0.25) is 5.76 Å². The summed E-state index contributed by atoms with van der Waals surface area (Å²) < 4.78 is 4.76. The summed E-state index contributed by atoms with van der Waals surface area (Å²) in [4.78, 5) is 13.9. The van der Waals surface area contributed by atoms with Crippen LogP contribution in [0.25, 0.3) is 22.2 Å². The highest BCUT2D eigenvalue weighted by molar-refractivity contribution is 5.98. The van der Waals surface area contributed by atoms with Crippen molar-refractivity contribution in [2.75, 3.05) is 0 Å². The van der Waals surface area contributed by atoms with Gasteiger partial charge in [-0.25, -0.2) is 4.79 Å². The first kappa shape index (κ1) is 11.3. The molecule has 0 aliphatic heterocycles. The molecule has 96 valence electrons. The largest absolute Gasteiger partial charge is 0.508 e. The van der Waals surface area contributed by atoms with Gasteiger partial charge in [0.25, 0.3) is 0 Å². The molecule has 0 aliphatic carbocycles. The average molecular weight is 258 g/mol. The van der Waals surface area contributed by atoms with Gasteiger partial charge in [-0.1, -0.05) is 5.16 Å². The van der Waals surface area contributed by atoms with E-state index in [2.05, 4.69) is 10.1 Å². The molecule has 0 bridgehead atoms. The van der Waals surface area contributed by atoms with Crippen molar-refractivity contribution in [3.05, 3.63) is 35.7 Å². The Kier molecular flexibility index (Phi) is 2.31. The maximum Gasteiger partial charge on any atom is 0.374 e. The summed E-state index contributed by atoms with van der Waals surface area (Å²) in [6.45, 7) is 1.85. The number of carboxylic acids is 1. The van der Waals surface area contributed by atoms with Gasteiger partial charge in [-0.3, -0.25) is 0 Å². The number of phenols is 1. The zero-order chi connectivity index (χ0) is 13.6. The number of rotatable bonds is 2. The minimum absolute atomic E-state index is 0.159. The number of aromatic carboxylic acids is 1. The van der Waals surface area contributed by atoms with Crippen LogP contribution in [-0.2, 0) is 0 Å². The molecule has 3 N–H and O–H groups in total. The molecule has 0 unspecified atom stereocenters. The van der Waals surface area contributed by atoms with E-state index in [9.17, 15) is 9.90 Å². The fourth-order valence-corrected chi connectivity index (χ4v) is 2.14. The molecule has 0 fully saturated rings. The summed E-state index contributed by atoms with van der Waals surface area (Å²) in [7, 11) is 0. The number of fused-ring (bicyclic) bond motifs is 1. The van der Waals surface area contributed by atoms with Gasteiger partial charge in [-0.05, 0) is 19.1 Å². The predicted octanol–water partition coefficient (Wildman–Crippen LogP) is 2.54. The second kappa shape index (κ2) is 3.88. The van der Waals surface area contributed by atoms with Crippen LogP contribution < -0.4 is 0 Å². The molecule has 0 saturated heterocycles. The van der Waals surface area contributed by atoms with Gasteiger partial charge in [-0.15, -0.1) is 0 Å². The summed E-state index contributed by atoms with van der Waals surface area (Å²) in [5.74, 6) is -1.21. The van der Waals surface area contributed by atoms with E-state index in [-0.39, 0.29) is 11.5 Å². The SMILES string of the molecule is Cc1[nH]c2cc(O)ccc2c1-c1cc(C(=O)O)on1. The summed E-state index contributed by atoms with van der Waals surface area (Å²) in [6, 6.07) is 6.30. The zero-order valence-corrected chi connectivity index (χ0v) is 9.97. The lowest BCUT2D eigenvalue weighted by Gasteiger charge is -1.95. The zero-order valence-electron chi connectivity index (χ0n) is 9.97. The van der Waals surface area contributed by atoms with E-state index in [1.54, 1.807) is 18.2 Å². The van der Waals surface area contributed by atoms with Crippen molar-refractivity contribution in [1.29, 1.82) is 0 Å². The number of nitrogens with one attached hydrogen (secondary N) is 1. The van der Waals surface area contributed by atoms with Crippen molar-refractivity contribution in [3.8, 4) is 17.0 Å². The van der Waals surface area contributed by atoms with E-state index in [1.807, 2.05) is 6.92 Å². The summed E-state index contributed by atoms with van der Waals surface area (Å²) >= 11 is 0. The van der Waals surface area contributed by atoms with Gasteiger partial charge in [0.05, 0.1) is 0 Å². The molecule has 0 aliphatic rings. The molecule has 2 heterocycles. The number of hydrogen-bond donors (Lipinski definition) is 3. The van der Waals surface area contributed by atoms with Gasteiger partial charge in [-0.2, -0.15) is 0 Å². The Hall–Kier alpha value is -2.76. The summed E-state index contributed by atoms with van der Waals surface area (Å²) in [6.07, 6.45) is 0. The van der Waals surface area contributed by atoms with Crippen molar-refractivity contribution >= 4 is 16.9 Å². The fraction of sp³-hybridized carbons (Fsp3) is 0.0769. The molecular formula is C13H10N2O4. The molecule has 0 radical (unpaired) electrons. The Morgan fingerprint density at radius 1 is 1.37 bits per heavy atom. The third-order valence-corrected chi connectivity index (χ3v) is 2.95. The highest BCUT2D eigenvalue weighted by Gasteiger charge is 2.17. The molecule has 19 heavy (non-hydrogen) atoms. The maximum absolute atomic E-state index is 10.8. The van der Waals surface area contributed by atoms with Gasteiger partial charge < -0.3 is 19.7 Å². The second-order valence-electron chi connectivity index (χ2n) is 4.24. The highest BCUT2D eigenvalue weighted by Crippen LogP contribution is 2.33. The number of aromatic nitrogens is 2. The van der Waals surface area contributed by atoms with Crippen molar-refractivity contribution < 1.29 is 19.5 Å². The van der Waals surface area contributed by atoms with Crippen LogP contribution in [0.5, 0.6) is 5.75 Å². The maximum atomic E-state index is 10.8. The summed E-state index contributed by atoms with van der Waals surface area (Å²) in [5, 5.41) is 22.9.